The Balaban J connectivity index is 0.669. The molecule has 3 aliphatic heterocycles. The summed E-state index contributed by atoms with van der Waals surface area (Å²) in [6, 6.07) is 12.7. The second-order valence-corrected chi connectivity index (χ2v) is 21.6. The van der Waals surface area contributed by atoms with E-state index in [1.54, 1.807) is 22.5 Å². The fourth-order valence-corrected chi connectivity index (χ4v) is 10.8. The van der Waals surface area contributed by atoms with Crippen molar-refractivity contribution in [2.45, 2.75) is 44.4 Å². The molecule has 456 valence electrons. The lowest BCUT2D eigenvalue weighted by atomic mass is 9.74. The summed E-state index contributed by atoms with van der Waals surface area (Å²) >= 11 is 0. The van der Waals surface area contributed by atoms with E-state index in [9.17, 15) is 35.6 Å². The Bertz CT molecular complexity index is 2610. The molecule has 3 aromatic rings. The van der Waals surface area contributed by atoms with Gasteiger partial charge in [-0.05, 0) is 48.2 Å². The third-order valence-corrected chi connectivity index (χ3v) is 14.9. The fourth-order valence-electron chi connectivity index (χ4n) is 9.12. The number of benzene rings is 3. The summed E-state index contributed by atoms with van der Waals surface area (Å²) in [5.41, 5.74) is 9.88. The second-order valence-electron chi connectivity index (χ2n) is 19.7. The lowest BCUT2D eigenvalue weighted by Crippen LogP contribution is -2.72. The molecule has 1 amide bonds. The van der Waals surface area contributed by atoms with Gasteiger partial charge in [0.2, 0.25) is 33.3 Å². The zero-order valence-electron chi connectivity index (χ0n) is 47.0. The molecule has 6 rings (SSSR count). The first kappa shape index (κ1) is 66.1. The van der Waals surface area contributed by atoms with Gasteiger partial charge in [-0.15, -0.1) is 0 Å². The molecule has 2 fully saturated rings. The molecular weight excluding hydrogens is 1100 g/mol. The van der Waals surface area contributed by atoms with Gasteiger partial charge in [0.15, 0.2) is 11.6 Å². The number of likely N-dealkylation sites (tertiary alicyclic amines) is 1. The predicted molar refractivity (Wildman–Crippen MR) is 295 cm³/mol. The summed E-state index contributed by atoms with van der Waals surface area (Å²) < 4.78 is 142. The van der Waals surface area contributed by atoms with E-state index < -0.39 is 51.4 Å². The van der Waals surface area contributed by atoms with Crippen molar-refractivity contribution in [3.05, 3.63) is 82.9 Å². The number of hydrogen-bond donors (Lipinski definition) is 1. The number of rotatable bonds is 42. The molecule has 0 unspecified atom stereocenters. The zero-order chi connectivity index (χ0) is 58.6. The number of sulfonamides is 1. The van der Waals surface area contributed by atoms with E-state index in [1.165, 1.54) is 0 Å². The third-order valence-electron chi connectivity index (χ3n) is 13.1. The summed E-state index contributed by atoms with van der Waals surface area (Å²) in [5.74, 6) is -9.20. The molecule has 82 heavy (non-hydrogen) atoms. The number of amidine groups is 1. The van der Waals surface area contributed by atoms with E-state index in [4.69, 9.17) is 53.1 Å². The lowest BCUT2D eigenvalue weighted by Gasteiger charge is -2.59. The largest absolute Gasteiger partial charge is 0.420 e. The van der Waals surface area contributed by atoms with Gasteiger partial charge in [0.05, 0.1) is 149 Å². The minimum atomic E-state index is -3.69. The quantitative estimate of drug-likeness (QED) is 0.0233. The van der Waals surface area contributed by atoms with Gasteiger partial charge in [0.25, 0.3) is 0 Å². The van der Waals surface area contributed by atoms with Crippen LogP contribution >= 0.6 is 0 Å². The van der Waals surface area contributed by atoms with Crippen LogP contribution in [0.2, 0.25) is 0 Å². The van der Waals surface area contributed by atoms with E-state index in [1.807, 2.05) is 35.2 Å². The van der Waals surface area contributed by atoms with Gasteiger partial charge in [0.1, 0.15) is 5.84 Å². The number of aliphatic imine (C=N–C) groups is 1. The number of carbonyl (C=O) groups is 2. The maximum Gasteiger partial charge on any atom is 0.313 e. The van der Waals surface area contributed by atoms with E-state index in [0.717, 1.165) is 49.2 Å². The first-order chi connectivity index (χ1) is 39.7. The average Bonchev–Trinajstić information content (AvgIpc) is 3.04. The van der Waals surface area contributed by atoms with E-state index in [0.29, 0.717) is 149 Å². The van der Waals surface area contributed by atoms with Crippen LogP contribution in [0.15, 0.2) is 64.0 Å². The molecule has 0 saturated carbocycles. The van der Waals surface area contributed by atoms with Crippen LogP contribution in [-0.4, -0.2) is 218 Å². The molecule has 2 N–H and O–H groups in total. The first-order valence-electron chi connectivity index (χ1n) is 27.8. The molecule has 25 heteroatoms. The topological polar surface area (TPSA) is 218 Å². The molecule has 2 saturated heterocycles. The Morgan fingerprint density at radius 2 is 1.07 bits per heavy atom. The monoisotopic (exact) mass is 1180 g/mol. The normalized spacial score (nSPS) is 15.1. The number of amides is 1. The Kier molecular flexibility index (Phi) is 28.5. The molecule has 0 aliphatic carbocycles. The third kappa shape index (κ3) is 21.3. The maximum atomic E-state index is 13.8. The number of nitrogens with two attached hydrogens (primary N) is 1. The summed E-state index contributed by atoms with van der Waals surface area (Å²) in [5, 5.41) is 0. The van der Waals surface area contributed by atoms with Crippen molar-refractivity contribution >= 4 is 39.5 Å². The van der Waals surface area contributed by atoms with Gasteiger partial charge in [0, 0.05) is 74.9 Å². The molecular formula is C57H79F4N5O15S. The van der Waals surface area contributed by atoms with Gasteiger partial charge >= 0.3 is 5.97 Å². The van der Waals surface area contributed by atoms with Gasteiger partial charge in [-0.1, -0.05) is 38.1 Å². The predicted octanol–water partition coefficient (Wildman–Crippen LogP) is 5.80. The Hall–Kier alpha value is -5.00. The second kappa shape index (κ2) is 35.3. The van der Waals surface area contributed by atoms with Gasteiger partial charge in [-0.3, -0.25) is 14.5 Å². The highest BCUT2D eigenvalue weighted by molar-refractivity contribution is 7.89. The van der Waals surface area contributed by atoms with Crippen molar-refractivity contribution < 1.29 is 87.7 Å². The zero-order valence-corrected chi connectivity index (χ0v) is 47.8. The highest BCUT2D eigenvalue weighted by atomic mass is 32.2. The smallest absolute Gasteiger partial charge is 0.313 e. The maximum absolute atomic E-state index is 13.8. The number of ether oxygens (including phenoxy) is 11. The van der Waals surface area contributed by atoms with E-state index >= 15 is 0 Å². The Morgan fingerprint density at radius 1 is 0.610 bits per heavy atom. The molecule has 0 aromatic heterocycles. The summed E-state index contributed by atoms with van der Waals surface area (Å²) in [4.78, 5) is 34.2. The molecule has 3 heterocycles. The van der Waals surface area contributed by atoms with Crippen LogP contribution in [0.25, 0.3) is 17.2 Å². The van der Waals surface area contributed by atoms with Gasteiger partial charge in [-0.2, -0.15) is 13.1 Å². The SMILES string of the molecule is CCCN(CCC)C(=O)C1=Cc2ccc(-c3cccc(S(=O)(=O)N4CC5(CN(CCOCCOCCOCCOCCOCCOCCOCCOCCOCCOCCC(=O)Oc6c(F)c(F)cc(F)c6F)C5)C4)c3)cc2N=C(N)C1. The van der Waals surface area contributed by atoms with Crippen LogP contribution < -0.4 is 10.5 Å². The summed E-state index contributed by atoms with van der Waals surface area (Å²) in [7, 11) is -3.69. The van der Waals surface area contributed by atoms with Crippen molar-refractivity contribution in [3.8, 4) is 16.9 Å². The molecule has 0 bridgehead atoms. The average molecular weight is 1180 g/mol. The Labute approximate surface area is 478 Å². The number of fused-ring (bicyclic) bond motifs is 1. The number of esters is 1. The summed E-state index contributed by atoms with van der Waals surface area (Å²) in [6.07, 6.45) is 3.47. The standard InChI is InChI=1S/C57H79F4N5O15S/c1-3-11-65(12-4-2)56(68)46-34-45-9-8-44(36-50(45)63-51(62)37-46)43-6-5-7-47(35-43)82(69,70)66-41-57(42-66)39-64(40-57)13-15-72-17-19-74-21-23-76-25-27-78-29-31-80-33-32-79-30-28-77-26-24-75-22-20-73-18-16-71-14-10-52(67)81-55-53(60)48(58)38-49(59)54(55)61/h5-9,34-36,38H,3-4,10-33,37,39-42H2,1-2H3,(H2,62,63). The van der Waals surface area contributed by atoms with Crippen molar-refractivity contribution in [2.75, 3.05) is 178 Å². The molecule has 3 aliphatic rings. The molecule has 0 radical (unpaired) electrons. The lowest BCUT2D eigenvalue weighted by molar-refractivity contribution is -0.136. The molecule has 3 aromatic carbocycles. The van der Waals surface area contributed by atoms with Crippen LogP contribution in [-0.2, 0) is 67.0 Å². The van der Waals surface area contributed by atoms with Crippen LogP contribution in [0.1, 0.15) is 45.1 Å². The molecule has 20 nitrogen and oxygen atoms in total. The number of hydrogen-bond acceptors (Lipinski definition) is 18. The fraction of sp³-hybridized carbons (Fsp3) is 0.596. The minimum Gasteiger partial charge on any atom is -0.420 e. The Morgan fingerprint density at radius 3 is 1.56 bits per heavy atom. The van der Waals surface area contributed by atoms with Crippen molar-refractivity contribution in [2.24, 2.45) is 16.1 Å². The van der Waals surface area contributed by atoms with Crippen LogP contribution in [0, 0.1) is 28.7 Å². The molecule has 1 spiro atoms. The van der Waals surface area contributed by atoms with E-state index in [2.05, 4.69) is 28.5 Å². The summed E-state index contributed by atoms with van der Waals surface area (Å²) in [6.45, 7) is 16.1. The number of carbonyl (C=O) groups excluding carboxylic acids is 2. The minimum absolute atomic E-state index is 0.0156. The van der Waals surface area contributed by atoms with E-state index in [-0.39, 0.29) is 55.1 Å². The van der Waals surface area contributed by atoms with Crippen LogP contribution in [0.4, 0.5) is 23.2 Å². The van der Waals surface area contributed by atoms with Crippen LogP contribution in [0.5, 0.6) is 5.75 Å². The van der Waals surface area contributed by atoms with Gasteiger partial charge in [-0.25, -0.2) is 22.2 Å². The number of halogens is 4. The van der Waals surface area contributed by atoms with Crippen molar-refractivity contribution in [1.82, 2.24) is 14.1 Å². The highest BCUT2D eigenvalue weighted by Gasteiger charge is 2.55. The van der Waals surface area contributed by atoms with Crippen molar-refractivity contribution in [3.63, 3.8) is 0 Å². The van der Waals surface area contributed by atoms with Crippen LogP contribution in [0.3, 0.4) is 0 Å². The first-order valence-corrected chi connectivity index (χ1v) is 29.3. The number of nitrogens with zero attached hydrogens (tertiary/aromatic N) is 4. The molecule has 0 atom stereocenters. The van der Waals surface area contributed by atoms with Gasteiger partial charge < -0.3 is 62.7 Å². The van der Waals surface area contributed by atoms with Crippen molar-refractivity contribution in [1.29, 1.82) is 0 Å². The highest BCUT2D eigenvalue weighted by Crippen LogP contribution is 2.42.